The fourth-order valence-corrected chi connectivity index (χ4v) is 4.66. The van der Waals surface area contributed by atoms with E-state index in [9.17, 15) is 9.18 Å². The number of carbonyl (C=O) groups excluding carboxylic acids is 1. The van der Waals surface area contributed by atoms with Gasteiger partial charge in [-0.3, -0.25) is 20.3 Å². The SMILES string of the molecule is COc1cccc(F)c1CN1CCC[C@H](NC(=O)Nc2cc3[nH]nc(-c4ccnc(C)c4)c3cn2)C1. The first-order valence-corrected chi connectivity index (χ1v) is 11.9. The largest absolute Gasteiger partial charge is 0.496 e. The number of amides is 2. The predicted octanol–water partition coefficient (Wildman–Crippen LogP) is 4.26. The average molecular weight is 490 g/mol. The molecule has 1 aliphatic rings. The minimum atomic E-state index is -0.332. The van der Waals surface area contributed by atoms with Crippen LogP contribution < -0.4 is 15.4 Å². The number of methoxy groups -OCH3 is 1. The van der Waals surface area contributed by atoms with E-state index in [0.29, 0.717) is 30.2 Å². The Bertz CT molecular complexity index is 1390. The summed E-state index contributed by atoms with van der Waals surface area (Å²) in [6.45, 7) is 3.80. The van der Waals surface area contributed by atoms with Gasteiger partial charge in [0.1, 0.15) is 23.1 Å². The van der Waals surface area contributed by atoms with Crippen LogP contribution in [-0.2, 0) is 6.54 Å². The molecule has 1 atom stereocenters. The van der Waals surface area contributed by atoms with E-state index >= 15 is 0 Å². The topological polar surface area (TPSA) is 108 Å². The second-order valence-electron chi connectivity index (χ2n) is 8.97. The number of halogens is 1. The van der Waals surface area contributed by atoms with Crippen LogP contribution in [0.3, 0.4) is 0 Å². The Balaban J connectivity index is 1.21. The summed E-state index contributed by atoms with van der Waals surface area (Å²) in [4.78, 5) is 23.5. The van der Waals surface area contributed by atoms with Crippen molar-refractivity contribution in [1.82, 2.24) is 30.4 Å². The highest BCUT2D eigenvalue weighted by molar-refractivity contribution is 5.95. The van der Waals surface area contributed by atoms with Gasteiger partial charge in [-0.15, -0.1) is 0 Å². The van der Waals surface area contributed by atoms with Crippen LogP contribution in [-0.4, -0.2) is 57.3 Å². The molecule has 186 valence electrons. The Morgan fingerprint density at radius 2 is 2.17 bits per heavy atom. The van der Waals surface area contributed by atoms with Gasteiger partial charge in [0.15, 0.2) is 0 Å². The van der Waals surface area contributed by atoms with Crippen LogP contribution in [0, 0.1) is 12.7 Å². The number of ether oxygens (including phenoxy) is 1. The molecule has 36 heavy (non-hydrogen) atoms. The van der Waals surface area contributed by atoms with E-state index in [2.05, 4.69) is 35.7 Å². The van der Waals surface area contributed by atoms with Gasteiger partial charge >= 0.3 is 6.03 Å². The van der Waals surface area contributed by atoms with Crippen molar-refractivity contribution in [1.29, 1.82) is 0 Å². The van der Waals surface area contributed by atoms with Crippen molar-refractivity contribution >= 4 is 22.8 Å². The van der Waals surface area contributed by atoms with E-state index in [0.717, 1.165) is 47.2 Å². The molecule has 3 N–H and O–H groups in total. The number of rotatable bonds is 6. The third kappa shape index (κ3) is 5.13. The first-order valence-electron chi connectivity index (χ1n) is 11.9. The third-order valence-corrected chi connectivity index (χ3v) is 6.38. The number of nitrogens with one attached hydrogen (secondary N) is 3. The second-order valence-corrected chi connectivity index (χ2v) is 8.97. The van der Waals surface area contributed by atoms with Crippen LogP contribution in [0.1, 0.15) is 24.1 Å². The maximum atomic E-state index is 14.4. The number of anilines is 1. The van der Waals surface area contributed by atoms with E-state index in [4.69, 9.17) is 4.74 Å². The number of aromatic nitrogens is 4. The summed E-state index contributed by atoms with van der Waals surface area (Å²) >= 11 is 0. The number of nitrogens with zero attached hydrogens (tertiary/aromatic N) is 4. The molecule has 1 aromatic carbocycles. The van der Waals surface area contributed by atoms with Crippen LogP contribution in [0.4, 0.5) is 15.0 Å². The zero-order chi connectivity index (χ0) is 25.1. The van der Waals surface area contributed by atoms with Crippen LogP contribution in [0.2, 0.25) is 0 Å². The number of likely N-dealkylation sites (tertiary alicyclic amines) is 1. The molecule has 1 fully saturated rings. The summed E-state index contributed by atoms with van der Waals surface area (Å²) in [5, 5.41) is 14.1. The summed E-state index contributed by atoms with van der Waals surface area (Å²) in [6, 6.07) is 10.1. The predicted molar refractivity (Wildman–Crippen MR) is 135 cm³/mol. The molecular formula is C26H28FN7O2. The monoisotopic (exact) mass is 489 g/mol. The molecule has 10 heteroatoms. The van der Waals surface area contributed by atoms with Gasteiger partial charge in [-0.1, -0.05) is 6.07 Å². The van der Waals surface area contributed by atoms with Crippen LogP contribution in [0.15, 0.2) is 48.8 Å². The number of hydrogen-bond donors (Lipinski definition) is 3. The Labute approximate surface area is 208 Å². The summed E-state index contributed by atoms with van der Waals surface area (Å²) in [7, 11) is 1.54. The van der Waals surface area contributed by atoms with E-state index in [1.54, 1.807) is 37.7 Å². The number of aromatic amines is 1. The molecule has 0 spiro atoms. The van der Waals surface area contributed by atoms with E-state index in [-0.39, 0.29) is 17.9 Å². The Morgan fingerprint density at radius 1 is 1.28 bits per heavy atom. The van der Waals surface area contributed by atoms with Crippen LogP contribution >= 0.6 is 0 Å². The minimum Gasteiger partial charge on any atom is -0.496 e. The quantitative estimate of drug-likeness (QED) is 0.374. The average Bonchev–Trinajstić information content (AvgIpc) is 3.29. The molecule has 0 radical (unpaired) electrons. The van der Waals surface area contributed by atoms with Crippen molar-refractivity contribution < 1.29 is 13.9 Å². The first kappa shape index (κ1) is 23.7. The molecule has 3 aromatic heterocycles. The molecule has 0 unspecified atom stereocenters. The van der Waals surface area contributed by atoms with Gasteiger partial charge in [0.05, 0.1) is 12.6 Å². The molecule has 1 saturated heterocycles. The summed E-state index contributed by atoms with van der Waals surface area (Å²) < 4.78 is 19.7. The summed E-state index contributed by atoms with van der Waals surface area (Å²) in [5.74, 6) is 0.667. The van der Waals surface area contributed by atoms with E-state index in [1.807, 2.05) is 19.1 Å². The Kier molecular flexibility index (Phi) is 6.77. The lowest BCUT2D eigenvalue weighted by molar-refractivity contribution is 0.180. The zero-order valence-corrected chi connectivity index (χ0v) is 20.2. The van der Waals surface area contributed by atoms with Crippen molar-refractivity contribution in [2.24, 2.45) is 0 Å². The molecule has 4 heterocycles. The molecule has 2 amide bonds. The van der Waals surface area contributed by atoms with Crippen molar-refractivity contribution in [2.75, 3.05) is 25.5 Å². The molecule has 4 aromatic rings. The summed E-state index contributed by atoms with van der Waals surface area (Å²) in [6.07, 6.45) is 5.19. The van der Waals surface area contributed by atoms with Crippen LogP contribution in [0.5, 0.6) is 5.75 Å². The smallest absolute Gasteiger partial charge is 0.320 e. The number of carbonyl (C=O) groups is 1. The van der Waals surface area contributed by atoms with Crippen molar-refractivity contribution in [2.45, 2.75) is 32.4 Å². The highest BCUT2D eigenvalue weighted by Gasteiger charge is 2.23. The Hall–Kier alpha value is -4.05. The standard InChI is InChI=1S/C26H28FN7O2/c1-16-11-17(8-9-28-16)25-19-13-29-24(12-22(19)32-33-25)31-26(35)30-18-5-4-10-34(14-18)15-20-21(27)6-3-7-23(20)36-2/h3,6-9,11-13,18H,4-5,10,14-15H2,1-2H3,(H,32,33)(H2,29,30,31,35)/t18-/m0/s1. The van der Waals surface area contributed by atoms with Crippen molar-refractivity contribution in [3.8, 4) is 17.0 Å². The Morgan fingerprint density at radius 3 is 3.00 bits per heavy atom. The number of hydrogen-bond acceptors (Lipinski definition) is 6. The van der Waals surface area contributed by atoms with E-state index < -0.39 is 0 Å². The second kappa shape index (κ2) is 10.3. The maximum absolute atomic E-state index is 14.4. The fourth-order valence-electron chi connectivity index (χ4n) is 4.66. The summed E-state index contributed by atoms with van der Waals surface area (Å²) in [5.41, 5.74) is 3.94. The van der Waals surface area contributed by atoms with Gasteiger partial charge in [-0.05, 0) is 50.6 Å². The lowest BCUT2D eigenvalue weighted by Crippen LogP contribution is -2.48. The van der Waals surface area contributed by atoms with Gasteiger partial charge < -0.3 is 10.1 Å². The zero-order valence-electron chi connectivity index (χ0n) is 20.2. The van der Waals surface area contributed by atoms with Crippen molar-refractivity contribution in [3.63, 3.8) is 0 Å². The van der Waals surface area contributed by atoms with E-state index in [1.165, 1.54) is 6.07 Å². The molecule has 0 bridgehead atoms. The van der Waals surface area contributed by atoms with Crippen molar-refractivity contribution in [3.05, 3.63) is 65.9 Å². The fraction of sp³-hybridized carbons (Fsp3) is 0.308. The lowest BCUT2D eigenvalue weighted by atomic mass is 10.0. The number of urea groups is 1. The number of aryl methyl sites for hydroxylation is 1. The third-order valence-electron chi connectivity index (χ3n) is 6.38. The number of fused-ring (bicyclic) bond motifs is 1. The molecule has 0 saturated carbocycles. The molecule has 1 aliphatic heterocycles. The molecular weight excluding hydrogens is 461 g/mol. The van der Waals surface area contributed by atoms with Crippen LogP contribution in [0.25, 0.3) is 22.2 Å². The van der Waals surface area contributed by atoms with Gasteiger partial charge in [-0.25, -0.2) is 14.2 Å². The number of pyridine rings is 2. The number of H-pyrrole nitrogens is 1. The van der Waals surface area contributed by atoms with Gasteiger partial charge in [-0.2, -0.15) is 5.10 Å². The normalized spacial score (nSPS) is 16.1. The van der Waals surface area contributed by atoms with Gasteiger partial charge in [0, 0.05) is 59.8 Å². The molecule has 5 rings (SSSR count). The number of piperidine rings is 1. The van der Waals surface area contributed by atoms with Gasteiger partial charge in [0.25, 0.3) is 0 Å². The lowest BCUT2D eigenvalue weighted by Gasteiger charge is -2.33. The highest BCUT2D eigenvalue weighted by atomic mass is 19.1. The number of benzene rings is 1. The first-order chi connectivity index (χ1) is 17.5. The highest BCUT2D eigenvalue weighted by Crippen LogP contribution is 2.27. The molecule has 0 aliphatic carbocycles. The van der Waals surface area contributed by atoms with Gasteiger partial charge in [0.2, 0.25) is 0 Å². The minimum absolute atomic E-state index is 0.0612. The molecule has 9 nitrogen and oxygen atoms in total. The maximum Gasteiger partial charge on any atom is 0.320 e.